The summed E-state index contributed by atoms with van der Waals surface area (Å²) in [5.74, 6) is -1.31. The van der Waals surface area contributed by atoms with Crippen LogP contribution < -0.4 is 10.5 Å². The third-order valence-corrected chi connectivity index (χ3v) is 3.38. The van der Waals surface area contributed by atoms with Crippen molar-refractivity contribution in [2.45, 2.75) is 25.7 Å². The number of alkyl halides is 6. The summed E-state index contributed by atoms with van der Waals surface area (Å²) in [5.41, 5.74) is 1.72. The maximum absolute atomic E-state index is 13.2. The van der Waals surface area contributed by atoms with Crippen molar-refractivity contribution in [1.82, 2.24) is 14.8 Å². The molecule has 0 radical (unpaired) electrons. The van der Waals surface area contributed by atoms with Crippen LogP contribution in [0.2, 0.25) is 5.02 Å². The molecule has 0 bridgehead atoms. The maximum atomic E-state index is 13.2. The maximum Gasteiger partial charge on any atom is 0.434 e. The number of hydrogen-bond acceptors (Lipinski definition) is 4. The van der Waals surface area contributed by atoms with Crippen LogP contribution in [-0.2, 0) is 18.8 Å². The van der Waals surface area contributed by atoms with Gasteiger partial charge in [0.2, 0.25) is 11.8 Å². The Hall–Kier alpha value is -2.50. The molecule has 0 aromatic carbocycles. The topological polar surface area (TPSA) is 83.0 Å². The van der Waals surface area contributed by atoms with Gasteiger partial charge < -0.3 is 10.5 Å². The van der Waals surface area contributed by atoms with E-state index in [-0.39, 0.29) is 11.1 Å². The SMILES string of the molecule is CCc1c(Oc2ncc(C(F)(F)F)cc2Cl)nn(C(N)=O)c1C(F)(F)F. The van der Waals surface area contributed by atoms with Crippen LogP contribution in [0.3, 0.4) is 0 Å². The van der Waals surface area contributed by atoms with Gasteiger partial charge in [0.15, 0.2) is 5.69 Å². The lowest BCUT2D eigenvalue weighted by Crippen LogP contribution is -2.27. The summed E-state index contributed by atoms with van der Waals surface area (Å²) in [5, 5.41) is 2.73. The van der Waals surface area contributed by atoms with Gasteiger partial charge in [-0.3, -0.25) is 0 Å². The summed E-state index contributed by atoms with van der Waals surface area (Å²) < 4.78 is 82.2. The van der Waals surface area contributed by atoms with Crippen LogP contribution in [0.5, 0.6) is 11.8 Å². The van der Waals surface area contributed by atoms with E-state index < -0.39 is 52.0 Å². The van der Waals surface area contributed by atoms with Crippen LogP contribution in [0.25, 0.3) is 0 Å². The van der Waals surface area contributed by atoms with E-state index >= 15 is 0 Å². The molecule has 0 saturated heterocycles. The molecule has 0 saturated carbocycles. The number of carbonyl (C=O) groups excluding carboxylic acids is 1. The van der Waals surface area contributed by atoms with Gasteiger partial charge in [0, 0.05) is 11.8 Å². The van der Waals surface area contributed by atoms with E-state index in [0.717, 1.165) is 0 Å². The Labute approximate surface area is 146 Å². The summed E-state index contributed by atoms with van der Waals surface area (Å²) in [6, 6.07) is -1.03. The van der Waals surface area contributed by atoms with Crippen molar-refractivity contribution in [3.05, 3.63) is 34.1 Å². The molecule has 0 atom stereocenters. The lowest BCUT2D eigenvalue weighted by Gasteiger charge is -2.10. The zero-order chi connectivity index (χ0) is 19.9. The first-order valence-corrected chi connectivity index (χ1v) is 7.13. The average molecular weight is 403 g/mol. The summed E-state index contributed by atoms with van der Waals surface area (Å²) in [4.78, 5) is 14.6. The smallest absolute Gasteiger partial charge is 0.417 e. The van der Waals surface area contributed by atoms with Crippen molar-refractivity contribution in [3.63, 3.8) is 0 Å². The van der Waals surface area contributed by atoms with Crippen LogP contribution >= 0.6 is 11.6 Å². The highest BCUT2D eigenvalue weighted by molar-refractivity contribution is 6.31. The molecule has 0 fully saturated rings. The number of rotatable bonds is 3. The van der Waals surface area contributed by atoms with Gasteiger partial charge in [0.05, 0.1) is 5.56 Å². The molecule has 2 rings (SSSR count). The molecule has 2 aromatic rings. The van der Waals surface area contributed by atoms with Gasteiger partial charge in [0.1, 0.15) is 5.02 Å². The Morgan fingerprint density at radius 2 is 1.85 bits per heavy atom. The zero-order valence-corrected chi connectivity index (χ0v) is 13.5. The summed E-state index contributed by atoms with van der Waals surface area (Å²) in [6.07, 6.45) is -9.58. The second-order valence-electron chi connectivity index (χ2n) is 4.84. The van der Waals surface area contributed by atoms with E-state index in [0.29, 0.717) is 12.3 Å². The van der Waals surface area contributed by atoms with Gasteiger partial charge in [-0.2, -0.15) is 31.0 Å². The molecule has 6 nitrogen and oxygen atoms in total. The molecule has 0 aliphatic rings. The predicted octanol–water partition coefficient (Wildman–Crippen LogP) is 4.25. The Kier molecular flexibility index (Phi) is 5.08. The molecule has 2 aromatic heterocycles. The van der Waals surface area contributed by atoms with Crippen molar-refractivity contribution in [3.8, 4) is 11.8 Å². The van der Waals surface area contributed by atoms with E-state index in [4.69, 9.17) is 22.1 Å². The zero-order valence-electron chi connectivity index (χ0n) is 12.7. The third-order valence-electron chi connectivity index (χ3n) is 3.11. The summed E-state index contributed by atoms with van der Waals surface area (Å²) >= 11 is 5.64. The number of hydrogen-bond donors (Lipinski definition) is 1. The predicted molar refractivity (Wildman–Crippen MR) is 75.9 cm³/mol. The number of nitrogens with two attached hydrogens (primary N) is 1. The number of pyridine rings is 1. The number of primary amides is 1. The summed E-state index contributed by atoms with van der Waals surface area (Å²) in [7, 11) is 0. The number of nitrogens with zero attached hydrogens (tertiary/aromatic N) is 3. The van der Waals surface area contributed by atoms with E-state index in [9.17, 15) is 31.1 Å². The molecule has 0 unspecified atom stereocenters. The molecule has 1 amide bonds. The second kappa shape index (κ2) is 6.67. The minimum atomic E-state index is -4.98. The first-order valence-electron chi connectivity index (χ1n) is 6.75. The molecular weight excluding hydrogens is 394 g/mol. The normalized spacial score (nSPS) is 12.3. The molecule has 26 heavy (non-hydrogen) atoms. The standard InChI is InChI=1S/C13H9ClF6N4O2/c1-2-6-8(13(18,19)20)24(11(21)25)23-9(6)26-10-7(14)3-5(4-22-10)12(15,16)17/h3-4H,2H2,1H3,(H2,21,25). The fourth-order valence-corrected chi connectivity index (χ4v) is 2.23. The first-order chi connectivity index (χ1) is 11.9. The fourth-order valence-electron chi connectivity index (χ4n) is 2.03. The van der Waals surface area contributed by atoms with Gasteiger partial charge in [-0.15, -0.1) is 5.10 Å². The van der Waals surface area contributed by atoms with E-state index in [1.807, 2.05) is 0 Å². The van der Waals surface area contributed by atoms with Crippen molar-refractivity contribution in [2.24, 2.45) is 5.73 Å². The van der Waals surface area contributed by atoms with Crippen LogP contribution in [-0.4, -0.2) is 20.8 Å². The van der Waals surface area contributed by atoms with Crippen molar-refractivity contribution in [1.29, 1.82) is 0 Å². The van der Waals surface area contributed by atoms with Crippen LogP contribution in [0.4, 0.5) is 31.1 Å². The highest BCUT2D eigenvalue weighted by Gasteiger charge is 2.41. The summed E-state index contributed by atoms with van der Waals surface area (Å²) in [6.45, 7) is 1.33. The lowest BCUT2D eigenvalue weighted by molar-refractivity contribution is -0.143. The van der Waals surface area contributed by atoms with Crippen molar-refractivity contribution >= 4 is 17.6 Å². The quantitative estimate of drug-likeness (QED) is 0.778. The number of halogens is 7. The molecule has 0 spiro atoms. The van der Waals surface area contributed by atoms with Crippen LogP contribution in [0.15, 0.2) is 12.3 Å². The minimum Gasteiger partial charge on any atom is -0.417 e. The lowest BCUT2D eigenvalue weighted by atomic mass is 10.2. The molecule has 142 valence electrons. The van der Waals surface area contributed by atoms with E-state index in [1.165, 1.54) is 6.92 Å². The van der Waals surface area contributed by atoms with Gasteiger partial charge in [-0.1, -0.05) is 18.5 Å². The number of ether oxygens (including phenoxy) is 1. The Morgan fingerprint density at radius 3 is 2.27 bits per heavy atom. The highest BCUT2D eigenvalue weighted by atomic mass is 35.5. The van der Waals surface area contributed by atoms with Crippen molar-refractivity contribution < 1.29 is 35.9 Å². The Bertz CT molecular complexity index is 846. The molecule has 13 heteroatoms. The molecule has 2 heterocycles. The average Bonchev–Trinajstić information content (AvgIpc) is 2.87. The van der Waals surface area contributed by atoms with E-state index in [1.54, 1.807) is 0 Å². The number of carbonyl (C=O) groups is 1. The first kappa shape index (κ1) is 19.8. The van der Waals surface area contributed by atoms with Gasteiger partial charge in [-0.25, -0.2) is 9.78 Å². The Morgan fingerprint density at radius 1 is 1.23 bits per heavy atom. The molecule has 0 aliphatic carbocycles. The number of aromatic nitrogens is 3. The second-order valence-corrected chi connectivity index (χ2v) is 5.25. The monoisotopic (exact) mass is 402 g/mol. The fraction of sp³-hybridized carbons (Fsp3) is 0.308. The van der Waals surface area contributed by atoms with Gasteiger partial charge in [-0.05, 0) is 12.5 Å². The van der Waals surface area contributed by atoms with Gasteiger partial charge >= 0.3 is 18.4 Å². The van der Waals surface area contributed by atoms with Gasteiger partial charge in [0.25, 0.3) is 0 Å². The van der Waals surface area contributed by atoms with Crippen molar-refractivity contribution in [2.75, 3.05) is 0 Å². The third kappa shape index (κ3) is 3.84. The number of amides is 1. The largest absolute Gasteiger partial charge is 0.434 e. The Balaban J connectivity index is 2.52. The minimum absolute atomic E-state index is 0.105. The molecule has 0 aliphatic heterocycles. The van der Waals surface area contributed by atoms with E-state index in [2.05, 4.69) is 10.1 Å². The molecule has 2 N–H and O–H groups in total. The van der Waals surface area contributed by atoms with Crippen LogP contribution in [0, 0.1) is 0 Å². The molecular formula is C13H9ClF6N4O2. The highest BCUT2D eigenvalue weighted by Crippen LogP contribution is 2.39. The van der Waals surface area contributed by atoms with Crippen LogP contribution in [0.1, 0.15) is 23.7 Å².